The molecule has 0 spiro atoms. The van der Waals surface area contributed by atoms with Gasteiger partial charge in [-0.3, -0.25) is 4.98 Å². The van der Waals surface area contributed by atoms with E-state index in [0.717, 1.165) is 55.8 Å². The molecule has 3 aromatic rings. The largest absolute Gasteiger partial charge is 0.491 e. The molecule has 0 aliphatic carbocycles. The lowest BCUT2D eigenvalue weighted by atomic mass is 9.76. The number of hydrogen-bond acceptors (Lipinski definition) is 3. The average molecular weight is 485 g/mol. The van der Waals surface area contributed by atoms with E-state index in [-0.39, 0.29) is 11.5 Å². The molecule has 1 aliphatic heterocycles. The second-order valence-corrected chi connectivity index (χ2v) is 11.4. The summed E-state index contributed by atoms with van der Waals surface area (Å²) in [4.78, 5) is 5.20. The van der Waals surface area contributed by atoms with Crippen molar-refractivity contribution in [2.75, 3.05) is 6.54 Å². The SMILES string of the molecule is CCc1cccc(CC)c1-c1cc(OC(C)C)c(CC(C)(C)CC2NCCc3ccccc32)c(C)n1. The summed E-state index contributed by atoms with van der Waals surface area (Å²) in [5.74, 6) is 0.991. The lowest BCUT2D eigenvalue weighted by molar-refractivity contribution is 0.230. The second kappa shape index (κ2) is 11.2. The van der Waals surface area contributed by atoms with Crippen LogP contribution in [0.3, 0.4) is 0 Å². The predicted molar refractivity (Wildman–Crippen MR) is 152 cm³/mol. The third-order valence-electron chi connectivity index (χ3n) is 7.54. The fourth-order valence-corrected chi connectivity index (χ4v) is 5.82. The third-order valence-corrected chi connectivity index (χ3v) is 7.54. The molecule has 2 heterocycles. The Hall–Kier alpha value is -2.65. The van der Waals surface area contributed by atoms with Crippen LogP contribution in [0.15, 0.2) is 48.5 Å². The zero-order valence-electron chi connectivity index (χ0n) is 23.4. The Bertz CT molecular complexity index is 1170. The van der Waals surface area contributed by atoms with Gasteiger partial charge in [-0.1, -0.05) is 70.2 Å². The first-order chi connectivity index (χ1) is 17.2. The molecule has 4 rings (SSSR count). The van der Waals surface area contributed by atoms with E-state index < -0.39 is 0 Å². The van der Waals surface area contributed by atoms with Crippen LogP contribution >= 0.6 is 0 Å². The summed E-state index contributed by atoms with van der Waals surface area (Å²) in [6.07, 6.45) is 5.22. The van der Waals surface area contributed by atoms with E-state index in [2.05, 4.69) is 102 Å². The number of pyridine rings is 1. The molecule has 36 heavy (non-hydrogen) atoms. The van der Waals surface area contributed by atoms with Crippen molar-refractivity contribution in [1.82, 2.24) is 10.3 Å². The quantitative estimate of drug-likeness (QED) is 0.336. The van der Waals surface area contributed by atoms with Crippen LogP contribution in [0.2, 0.25) is 0 Å². The van der Waals surface area contributed by atoms with Crippen LogP contribution < -0.4 is 10.1 Å². The van der Waals surface area contributed by atoms with Crippen LogP contribution in [0.5, 0.6) is 5.75 Å². The van der Waals surface area contributed by atoms with Crippen molar-refractivity contribution in [3.05, 3.63) is 82.0 Å². The van der Waals surface area contributed by atoms with Gasteiger partial charge in [0.2, 0.25) is 0 Å². The molecule has 0 radical (unpaired) electrons. The molecule has 3 heteroatoms. The van der Waals surface area contributed by atoms with Crippen molar-refractivity contribution < 1.29 is 4.74 Å². The Morgan fingerprint density at radius 3 is 2.39 bits per heavy atom. The molecule has 1 unspecified atom stereocenters. The molecule has 3 nitrogen and oxygen atoms in total. The molecule has 0 bridgehead atoms. The van der Waals surface area contributed by atoms with E-state index in [0.29, 0.717) is 6.04 Å². The molecule has 1 N–H and O–H groups in total. The summed E-state index contributed by atoms with van der Waals surface area (Å²) < 4.78 is 6.47. The van der Waals surface area contributed by atoms with Gasteiger partial charge in [-0.15, -0.1) is 0 Å². The smallest absolute Gasteiger partial charge is 0.126 e. The number of nitrogens with zero attached hydrogens (tertiary/aromatic N) is 1. The van der Waals surface area contributed by atoms with Gasteiger partial charge in [-0.05, 0) is 87.1 Å². The fourth-order valence-electron chi connectivity index (χ4n) is 5.82. The molecule has 0 amide bonds. The molecule has 1 aromatic heterocycles. The fraction of sp³-hybridized carbons (Fsp3) is 0.485. The molecule has 0 saturated carbocycles. The zero-order valence-corrected chi connectivity index (χ0v) is 23.4. The summed E-state index contributed by atoms with van der Waals surface area (Å²) >= 11 is 0. The molecule has 0 fully saturated rings. The molecule has 2 aromatic carbocycles. The van der Waals surface area contributed by atoms with Crippen molar-refractivity contribution >= 4 is 0 Å². The second-order valence-electron chi connectivity index (χ2n) is 11.4. The number of aryl methyl sites for hydroxylation is 3. The predicted octanol–water partition coefficient (Wildman–Crippen LogP) is 7.81. The van der Waals surface area contributed by atoms with Gasteiger partial charge in [0.15, 0.2) is 0 Å². The molecule has 192 valence electrons. The summed E-state index contributed by atoms with van der Waals surface area (Å²) in [5, 5.41) is 3.79. The van der Waals surface area contributed by atoms with E-state index in [9.17, 15) is 0 Å². The minimum absolute atomic E-state index is 0.0844. The van der Waals surface area contributed by atoms with Crippen LogP contribution in [0, 0.1) is 12.3 Å². The Balaban J connectivity index is 1.69. The average Bonchev–Trinajstić information content (AvgIpc) is 2.85. The molecular weight excluding hydrogens is 440 g/mol. The summed E-state index contributed by atoms with van der Waals surface area (Å²) in [7, 11) is 0. The highest BCUT2D eigenvalue weighted by molar-refractivity contribution is 5.70. The standard InChI is InChI=1S/C33H44N2O/c1-8-24-14-12-15-25(9-2)32(24)29-19-31(36-22(3)4)28(23(5)35-29)20-33(6,7)21-30-27-16-11-10-13-26(27)17-18-34-30/h10-16,19,22,30,34H,8-9,17-18,20-21H2,1-7H3. The number of hydrogen-bond donors (Lipinski definition) is 1. The number of rotatable bonds is 9. The monoisotopic (exact) mass is 484 g/mol. The van der Waals surface area contributed by atoms with Gasteiger partial charge in [0.25, 0.3) is 0 Å². The number of aromatic nitrogens is 1. The van der Waals surface area contributed by atoms with Gasteiger partial charge < -0.3 is 10.1 Å². The Morgan fingerprint density at radius 1 is 1.03 bits per heavy atom. The van der Waals surface area contributed by atoms with Gasteiger partial charge in [0, 0.05) is 28.9 Å². The first-order valence-corrected chi connectivity index (χ1v) is 13.8. The van der Waals surface area contributed by atoms with Gasteiger partial charge in [-0.2, -0.15) is 0 Å². The van der Waals surface area contributed by atoms with Crippen molar-refractivity contribution in [2.24, 2.45) is 5.41 Å². The highest BCUT2D eigenvalue weighted by atomic mass is 16.5. The van der Waals surface area contributed by atoms with E-state index in [4.69, 9.17) is 9.72 Å². The van der Waals surface area contributed by atoms with Gasteiger partial charge in [0.05, 0.1) is 11.8 Å². The van der Waals surface area contributed by atoms with E-state index in [1.165, 1.54) is 33.4 Å². The molecular formula is C33H44N2O. The molecule has 1 atom stereocenters. The van der Waals surface area contributed by atoms with Crippen LogP contribution in [0.25, 0.3) is 11.3 Å². The van der Waals surface area contributed by atoms with Gasteiger partial charge in [0.1, 0.15) is 5.75 Å². The summed E-state index contributed by atoms with van der Waals surface area (Å²) in [6.45, 7) is 16.7. The first kappa shape index (κ1) is 26.4. The van der Waals surface area contributed by atoms with Crippen LogP contribution in [-0.4, -0.2) is 17.6 Å². The van der Waals surface area contributed by atoms with Crippen LogP contribution in [-0.2, 0) is 25.7 Å². The Labute approximate surface area is 218 Å². The van der Waals surface area contributed by atoms with Crippen LogP contribution in [0.4, 0.5) is 0 Å². The number of nitrogens with one attached hydrogen (secondary N) is 1. The van der Waals surface area contributed by atoms with Gasteiger partial charge in [-0.25, -0.2) is 0 Å². The highest BCUT2D eigenvalue weighted by Gasteiger charge is 2.30. The highest BCUT2D eigenvalue weighted by Crippen LogP contribution is 2.40. The minimum atomic E-state index is 0.0844. The van der Waals surface area contributed by atoms with Crippen molar-refractivity contribution in [3.8, 4) is 17.0 Å². The maximum absolute atomic E-state index is 6.47. The van der Waals surface area contributed by atoms with E-state index >= 15 is 0 Å². The van der Waals surface area contributed by atoms with E-state index in [1.807, 2.05) is 0 Å². The van der Waals surface area contributed by atoms with Crippen LogP contribution in [0.1, 0.15) is 87.5 Å². The number of fused-ring (bicyclic) bond motifs is 1. The van der Waals surface area contributed by atoms with Crippen molar-refractivity contribution in [1.29, 1.82) is 0 Å². The summed E-state index contributed by atoms with van der Waals surface area (Å²) in [5.41, 5.74) is 10.4. The molecule has 1 aliphatic rings. The topological polar surface area (TPSA) is 34.1 Å². The lowest BCUT2D eigenvalue weighted by Gasteiger charge is -2.35. The van der Waals surface area contributed by atoms with E-state index in [1.54, 1.807) is 0 Å². The normalized spacial score (nSPS) is 15.7. The van der Waals surface area contributed by atoms with Gasteiger partial charge >= 0.3 is 0 Å². The lowest BCUT2D eigenvalue weighted by Crippen LogP contribution is -2.34. The summed E-state index contributed by atoms with van der Waals surface area (Å²) in [6, 6.07) is 18.2. The maximum atomic E-state index is 6.47. The van der Waals surface area contributed by atoms with Crippen molar-refractivity contribution in [3.63, 3.8) is 0 Å². The third kappa shape index (κ3) is 5.83. The first-order valence-electron chi connectivity index (χ1n) is 13.8. The van der Waals surface area contributed by atoms with Crippen molar-refractivity contribution in [2.45, 2.75) is 92.7 Å². The molecule has 0 saturated heterocycles. The Morgan fingerprint density at radius 2 is 1.72 bits per heavy atom. The minimum Gasteiger partial charge on any atom is -0.491 e. The zero-order chi connectivity index (χ0) is 25.9. The maximum Gasteiger partial charge on any atom is 0.126 e. The number of ether oxygens (including phenoxy) is 1. The number of benzene rings is 2. The Kier molecular flexibility index (Phi) is 8.20.